The Hall–Kier alpha value is -3.99. The minimum Gasteiger partial charge on any atom is -0.324 e. The minimum absolute atomic E-state index is 0.150. The molecule has 0 spiro atoms. The monoisotopic (exact) mass is 505 g/mol. The summed E-state index contributed by atoms with van der Waals surface area (Å²) >= 11 is 0. The number of hydrogen-bond donors (Lipinski definition) is 1. The Morgan fingerprint density at radius 1 is 0.763 bits per heavy atom. The molecule has 2 aromatic carbocycles. The van der Waals surface area contributed by atoms with Gasteiger partial charge in [0.1, 0.15) is 11.0 Å². The Morgan fingerprint density at radius 3 is 2.05 bits per heavy atom. The van der Waals surface area contributed by atoms with E-state index in [-0.39, 0.29) is 11.1 Å². The zero-order valence-electron chi connectivity index (χ0n) is 22.5. The number of rotatable bonds is 9. The van der Waals surface area contributed by atoms with Gasteiger partial charge in [-0.1, -0.05) is 101 Å². The molecule has 0 unspecified atom stereocenters. The van der Waals surface area contributed by atoms with E-state index in [0.29, 0.717) is 17.6 Å². The van der Waals surface area contributed by atoms with Gasteiger partial charge in [-0.05, 0) is 42.0 Å². The van der Waals surface area contributed by atoms with Gasteiger partial charge in [-0.15, -0.1) is 0 Å². The fourth-order valence-electron chi connectivity index (χ4n) is 5.52. The fourth-order valence-corrected chi connectivity index (χ4v) is 5.52. The number of nitrogens with zero attached hydrogens (tertiary/aromatic N) is 2. The van der Waals surface area contributed by atoms with E-state index in [4.69, 9.17) is 4.98 Å². The number of unbranched alkanes of at least 4 members (excludes halogenated alkanes) is 1. The second-order valence-electron chi connectivity index (χ2n) is 9.96. The molecular weight excluding hydrogens is 470 g/mol. The van der Waals surface area contributed by atoms with E-state index in [1.165, 1.54) is 0 Å². The molecule has 0 aliphatic carbocycles. The standard InChI is InChI=1S/C33H35N3O2/c1-4-7-20-36-31(23-18-12-9-13-19-23)28(22-16-10-8-11-17-22)26-21-25-24(14-5-2)27(15-6-3)34-32(37)29(25)35-30(26)33(36)38/h8-13,16-19,21H,4-7,14-15,20H2,1-3H3,(H,34,37). The van der Waals surface area contributed by atoms with Crippen LogP contribution < -0.4 is 11.1 Å². The molecule has 0 fully saturated rings. The van der Waals surface area contributed by atoms with Crippen LogP contribution in [0.15, 0.2) is 76.3 Å². The molecule has 0 saturated carbocycles. The van der Waals surface area contributed by atoms with E-state index in [1.54, 1.807) is 0 Å². The predicted octanol–water partition coefficient (Wildman–Crippen LogP) is 7.28. The Labute approximate surface area is 223 Å². The summed E-state index contributed by atoms with van der Waals surface area (Å²) in [6, 6.07) is 22.5. The van der Waals surface area contributed by atoms with E-state index in [1.807, 2.05) is 41.0 Å². The summed E-state index contributed by atoms with van der Waals surface area (Å²) in [5.41, 5.74) is 6.35. The number of benzene rings is 2. The van der Waals surface area contributed by atoms with Crippen LogP contribution in [-0.2, 0) is 19.4 Å². The van der Waals surface area contributed by atoms with Gasteiger partial charge in [0.15, 0.2) is 0 Å². The maximum Gasteiger partial charge on any atom is 0.277 e. The number of H-pyrrole nitrogens is 1. The lowest BCUT2D eigenvalue weighted by molar-refractivity contribution is 0.622. The van der Waals surface area contributed by atoms with Crippen LogP contribution in [-0.4, -0.2) is 14.5 Å². The summed E-state index contributed by atoms with van der Waals surface area (Å²) in [4.78, 5) is 35.3. The smallest absolute Gasteiger partial charge is 0.277 e. The lowest BCUT2D eigenvalue weighted by Gasteiger charge is -2.21. The van der Waals surface area contributed by atoms with E-state index in [2.05, 4.69) is 56.1 Å². The first kappa shape index (κ1) is 25.7. The Balaban J connectivity index is 2.01. The molecule has 0 saturated heterocycles. The van der Waals surface area contributed by atoms with Gasteiger partial charge in [-0.3, -0.25) is 9.59 Å². The van der Waals surface area contributed by atoms with Crippen molar-refractivity contribution in [3.8, 4) is 22.4 Å². The highest BCUT2D eigenvalue weighted by Crippen LogP contribution is 2.38. The predicted molar refractivity (Wildman–Crippen MR) is 158 cm³/mol. The Kier molecular flexibility index (Phi) is 7.54. The Bertz CT molecular complexity index is 1700. The summed E-state index contributed by atoms with van der Waals surface area (Å²) in [7, 11) is 0. The van der Waals surface area contributed by atoms with Gasteiger partial charge in [0, 0.05) is 28.6 Å². The average molecular weight is 506 g/mol. The topological polar surface area (TPSA) is 67.8 Å². The van der Waals surface area contributed by atoms with Crippen molar-refractivity contribution in [1.29, 1.82) is 0 Å². The first-order valence-corrected chi connectivity index (χ1v) is 13.8. The molecule has 5 aromatic rings. The zero-order valence-corrected chi connectivity index (χ0v) is 22.5. The third-order valence-electron chi connectivity index (χ3n) is 7.26. The molecule has 38 heavy (non-hydrogen) atoms. The van der Waals surface area contributed by atoms with Crippen LogP contribution in [0.1, 0.15) is 57.7 Å². The molecule has 194 valence electrons. The SMILES string of the molecule is CCCCn1c(-c2ccccc2)c(-c2ccccc2)c2cc3c(CCC)c(CCC)[nH]c(=O)c3nc2c1=O. The molecule has 5 heteroatoms. The van der Waals surface area contributed by atoms with Gasteiger partial charge in [0.25, 0.3) is 11.1 Å². The van der Waals surface area contributed by atoms with E-state index in [9.17, 15) is 9.59 Å². The normalized spacial score (nSPS) is 11.4. The van der Waals surface area contributed by atoms with Crippen molar-refractivity contribution in [3.63, 3.8) is 0 Å². The van der Waals surface area contributed by atoms with Crippen molar-refractivity contribution in [3.05, 3.63) is 98.7 Å². The van der Waals surface area contributed by atoms with Crippen molar-refractivity contribution in [2.75, 3.05) is 0 Å². The molecule has 5 rings (SSSR count). The molecule has 3 heterocycles. The number of nitrogens with one attached hydrogen (secondary N) is 1. The number of aromatic amines is 1. The molecule has 1 N–H and O–H groups in total. The van der Waals surface area contributed by atoms with Crippen molar-refractivity contribution < 1.29 is 0 Å². The van der Waals surface area contributed by atoms with Gasteiger partial charge < -0.3 is 9.55 Å². The molecule has 3 aromatic heterocycles. The van der Waals surface area contributed by atoms with Crippen LogP contribution in [0.4, 0.5) is 0 Å². The largest absolute Gasteiger partial charge is 0.324 e. The van der Waals surface area contributed by atoms with E-state index < -0.39 is 0 Å². The molecule has 0 bridgehead atoms. The average Bonchev–Trinajstić information content (AvgIpc) is 2.95. The molecule has 0 aliphatic rings. The first-order chi connectivity index (χ1) is 18.6. The molecule has 0 radical (unpaired) electrons. The number of aromatic nitrogens is 3. The van der Waals surface area contributed by atoms with Crippen molar-refractivity contribution in [2.45, 2.75) is 65.8 Å². The van der Waals surface area contributed by atoms with Gasteiger partial charge in [0.2, 0.25) is 0 Å². The van der Waals surface area contributed by atoms with Crippen LogP contribution in [0.25, 0.3) is 44.2 Å². The maximum absolute atomic E-state index is 14.1. The highest BCUT2D eigenvalue weighted by molar-refractivity contribution is 6.05. The van der Waals surface area contributed by atoms with Gasteiger partial charge in [0.05, 0.1) is 5.69 Å². The van der Waals surface area contributed by atoms with E-state index >= 15 is 0 Å². The van der Waals surface area contributed by atoms with E-state index in [0.717, 1.165) is 82.9 Å². The number of pyridine rings is 3. The van der Waals surface area contributed by atoms with Crippen LogP contribution in [0.5, 0.6) is 0 Å². The van der Waals surface area contributed by atoms with Gasteiger partial charge in [-0.2, -0.15) is 0 Å². The summed E-state index contributed by atoms with van der Waals surface area (Å²) in [6.45, 7) is 6.98. The lowest BCUT2D eigenvalue weighted by atomic mass is 9.92. The molecule has 0 amide bonds. The maximum atomic E-state index is 14.1. The van der Waals surface area contributed by atoms with Gasteiger partial charge >= 0.3 is 0 Å². The quantitative estimate of drug-likeness (QED) is 0.214. The highest BCUT2D eigenvalue weighted by Gasteiger charge is 2.22. The summed E-state index contributed by atoms with van der Waals surface area (Å²) in [6.07, 6.45) is 5.37. The third-order valence-corrected chi connectivity index (χ3v) is 7.26. The first-order valence-electron chi connectivity index (χ1n) is 13.8. The number of fused-ring (bicyclic) bond motifs is 2. The molecule has 0 aliphatic heterocycles. The summed E-state index contributed by atoms with van der Waals surface area (Å²) in [5.74, 6) is 0. The zero-order chi connectivity index (χ0) is 26.6. The second kappa shape index (κ2) is 11.2. The molecule has 0 atom stereocenters. The molecular formula is C33H35N3O2. The van der Waals surface area contributed by atoms with Crippen LogP contribution in [0.2, 0.25) is 0 Å². The Morgan fingerprint density at radius 2 is 1.42 bits per heavy atom. The molecule has 5 nitrogen and oxygen atoms in total. The summed E-state index contributed by atoms with van der Waals surface area (Å²) < 4.78 is 1.87. The van der Waals surface area contributed by atoms with Gasteiger partial charge in [-0.25, -0.2) is 4.98 Å². The lowest BCUT2D eigenvalue weighted by Crippen LogP contribution is -2.25. The highest BCUT2D eigenvalue weighted by atomic mass is 16.1. The minimum atomic E-state index is -0.224. The number of hydrogen-bond acceptors (Lipinski definition) is 3. The van der Waals surface area contributed by atoms with Crippen LogP contribution >= 0.6 is 0 Å². The van der Waals surface area contributed by atoms with Crippen molar-refractivity contribution in [2.24, 2.45) is 0 Å². The van der Waals surface area contributed by atoms with Crippen LogP contribution in [0, 0.1) is 0 Å². The fraction of sp³-hybridized carbons (Fsp3) is 0.303. The van der Waals surface area contributed by atoms with Crippen molar-refractivity contribution >= 4 is 21.8 Å². The van der Waals surface area contributed by atoms with Crippen LogP contribution in [0.3, 0.4) is 0 Å². The summed E-state index contributed by atoms with van der Waals surface area (Å²) in [5, 5.41) is 1.65. The third kappa shape index (κ3) is 4.58. The number of aryl methyl sites for hydroxylation is 2. The second-order valence-corrected chi connectivity index (χ2v) is 9.96. The van der Waals surface area contributed by atoms with Crippen molar-refractivity contribution in [1.82, 2.24) is 14.5 Å².